The topological polar surface area (TPSA) is 42.0 Å². The van der Waals surface area contributed by atoms with Crippen molar-refractivity contribution in [2.75, 3.05) is 0 Å². The van der Waals surface area contributed by atoms with Crippen LogP contribution in [0.4, 0.5) is 4.39 Å². The predicted octanol–water partition coefficient (Wildman–Crippen LogP) is 3.41. The third-order valence-electron chi connectivity index (χ3n) is 3.31. The van der Waals surface area contributed by atoms with E-state index in [2.05, 4.69) is 25.6 Å². The second kappa shape index (κ2) is 5.22. The molecule has 1 fully saturated rings. The lowest BCUT2D eigenvalue weighted by atomic mass is 9.75. The molecule has 1 heterocycles. The molecule has 19 heavy (non-hydrogen) atoms. The van der Waals surface area contributed by atoms with Crippen molar-refractivity contribution in [2.24, 2.45) is 0 Å². The minimum atomic E-state index is -1.24. The average Bonchev–Trinajstić information content (AvgIpc) is 2.22. The van der Waals surface area contributed by atoms with Gasteiger partial charge in [-0.15, -0.1) is 0 Å². The summed E-state index contributed by atoms with van der Waals surface area (Å²) in [6.07, 6.45) is 4.10. The van der Waals surface area contributed by atoms with Crippen LogP contribution >= 0.6 is 15.9 Å². The van der Waals surface area contributed by atoms with Gasteiger partial charge >= 0.3 is 0 Å². The molecule has 1 N–H and O–H groups in total. The van der Waals surface area contributed by atoms with Crippen LogP contribution in [0, 0.1) is 5.82 Å². The monoisotopic (exact) mass is 348 g/mol. The molecular formula is C13H18BrFN2OS. The van der Waals surface area contributed by atoms with E-state index < -0.39 is 16.5 Å². The lowest BCUT2D eigenvalue weighted by molar-refractivity contribution is 0.211. The Balaban J connectivity index is 2.30. The van der Waals surface area contributed by atoms with Gasteiger partial charge in [-0.2, -0.15) is 0 Å². The molecule has 0 aliphatic heterocycles. The highest BCUT2D eigenvalue weighted by molar-refractivity contribution is 9.10. The first-order valence-electron chi connectivity index (χ1n) is 6.26. The summed E-state index contributed by atoms with van der Waals surface area (Å²) >= 11 is 3.20. The molecular weight excluding hydrogens is 331 g/mol. The fourth-order valence-electron chi connectivity index (χ4n) is 2.01. The standard InChI is InChI=1S/C13H18BrFN2OS/c1-12(2,3)19(18)17-13(5-4-6-13)11-10(15)7-9(14)8-16-11/h7-8,17H,4-6H2,1-3H3/t19-/m1/s1. The Hall–Kier alpha value is -0.330. The molecule has 0 saturated heterocycles. The van der Waals surface area contributed by atoms with E-state index in [4.69, 9.17) is 0 Å². The molecule has 1 atom stereocenters. The first-order valence-corrected chi connectivity index (χ1v) is 8.20. The highest BCUT2D eigenvalue weighted by Gasteiger charge is 2.44. The summed E-state index contributed by atoms with van der Waals surface area (Å²) in [4.78, 5) is 4.19. The summed E-state index contributed by atoms with van der Waals surface area (Å²) in [6, 6.07) is 1.41. The van der Waals surface area contributed by atoms with Crippen LogP contribution in [-0.2, 0) is 16.5 Å². The van der Waals surface area contributed by atoms with Crippen molar-refractivity contribution in [1.29, 1.82) is 0 Å². The van der Waals surface area contributed by atoms with Crippen LogP contribution in [0.3, 0.4) is 0 Å². The second-order valence-electron chi connectivity index (χ2n) is 5.90. The van der Waals surface area contributed by atoms with Crippen LogP contribution in [0.2, 0.25) is 0 Å². The molecule has 1 aromatic heterocycles. The molecule has 2 rings (SSSR count). The van der Waals surface area contributed by atoms with Gasteiger partial charge in [-0.25, -0.2) is 13.3 Å². The largest absolute Gasteiger partial charge is 0.255 e. The number of nitrogens with one attached hydrogen (secondary N) is 1. The lowest BCUT2D eigenvalue weighted by Crippen LogP contribution is -2.53. The van der Waals surface area contributed by atoms with Crippen LogP contribution in [-0.4, -0.2) is 13.9 Å². The Bertz CT molecular complexity index is 512. The van der Waals surface area contributed by atoms with Crippen molar-refractivity contribution in [3.63, 3.8) is 0 Å². The zero-order chi connectivity index (χ0) is 14.3. The Morgan fingerprint density at radius 3 is 2.53 bits per heavy atom. The highest BCUT2D eigenvalue weighted by Crippen LogP contribution is 2.42. The van der Waals surface area contributed by atoms with E-state index in [1.807, 2.05) is 20.8 Å². The fourth-order valence-corrected chi connectivity index (χ4v) is 3.28. The zero-order valence-electron chi connectivity index (χ0n) is 11.3. The summed E-state index contributed by atoms with van der Waals surface area (Å²) in [5.41, 5.74) is -0.206. The van der Waals surface area contributed by atoms with E-state index in [0.29, 0.717) is 10.2 Å². The third-order valence-corrected chi connectivity index (χ3v) is 5.43. The van der Waals surface area contributed by atoms with Gasteiger partial charge in [-0.3, -0.25) is 4.98 Å². The highest BCUT2D eigenvalue weighted by atomic mass is 79.9. The number of hydrogen-bond donors (Lipinski definition) is 1. The minimum absolute atomic E-state index is 0.354. The second-order valence-corrected chi connectivity index (χ2v) is 8.78. The van der Waals surface area contributed by atoms with E-state index in [1.54, 1.807) is 6.20 Å². The van der Waals surface area contributed by atoms with Crippen molar-refractivity contribution < 1.29 is 8.60 Å². The van der Waals surface area contributed by atoms with Gasteiger partial charge in [0.25, 0.3) is 0 Å². The Kier molecular flexibility index (Phi) is 4.14. The summed E-state index contributed by atoms with van der Waals surface area (Å²) in [6.45, 7) is 5.69. The molecule has 1 aromatic rings. The number of pyridine rings is 1. The van der Waals surface area contributed by atoms with E-state index in [-0.39, 0.29) is 10.6 Å². The first kappa shape index (κ1) is 15.1. The number of hydrogen-bond acceptors (Lipinski definition) is 2. The Morgan fingerprint density at radius 1 is 1.47 bits per heavy atom. The van der Waals surface area contributed by atoms with Crippen molar-refractivity contribution >= 4 is 26.9 Å². The maximum Gasteiger partial charge on any atom is 0.147 e. The molecule has 6 heteroatoms. The van der Waals surface area contributed by atoms with Crippen LogP contribution in [0.5, 0.6) is 0 Å². The number of nitrogens with zero attached hydrogens (tertiary/aromatic N) is 1. The van der Waals surface area contributed by atoms with Crippen LogP contribution in [0.15, 0.2) is 16.7 Å². The molecule has 0 amide bonds. The lowest BCUT2D eigenvalue weighted by Gasteiger charge is -2.43. The summed E-state index contributed by atoms with van der Waals surface area (Å²) in [7, 11) is -1.24. The van der Waals surface area contributed by atoms with E-state index in [1.165, 1.54) is 6.07 Å². The molecule has 0 spiro atoms. The van der Waals surface area contributed by atoms with Crippen molar-refractivity contribution in [3.8, 4) is 0 Å². The van der Waals surface area contributed by atoms with Crippen molar-refractivity contribution in [3.05, 3.63) is 28.2 Å². The fraction of sp³-hybridized carbons (Fsp3) is 0.615. The maximum atomic E-state index is 14.1. The van der Waals surface area contributed by atoms with Gasteiger partial charge in [-0.1, -0.05) is 0 Å². The quantitative estimate of drug-likeness (QED) is 0.909. The molecule has 1 aliphatic rings. The van der Waals surface area contributed by atoms with Gasteiger partial charge in [-0.05, 0) is 62.0 Å². The van der Waals surface area contributed by atoms with Gasteiger partial charge in [0.2, 0.25) is 0 Å². The van der Waals surface area contributed by atoms with Crippen molar-refractivity contribution in [1.82, 2.24) is 9.71 Å². The predicted molar refractivity (Wildman–Crippen MR) is 78.5 cm³/mol. The molecule has 0 radical (unpaired) electrons. The number of halogens is 2. The van der Waals surface area contributed by atoms with Gasteiger partial charge in [0, 0.05) is 10.7 Å². The smallest absolute Gasteiger partial charge is 0.147 e. The summed E-state index contributed by atoms with van der Waals surface area (Å²) < 4.78 is 29.7. The van der Waals surface area contributed by atoms with Gasteiger partial charge in [0.15, 0.2) is 0 Å². The molecule has 0 bridgehead atoms. The molecule has 0 aromatic carbocycles. The van der Waals surface area contributed by atoms with Gasteiger partial charge < -0.3 is 0 Å². The Morgan fingerprint density at radius 2 is 2.11 bits per heavy atom. The minimum Gasteiger partial charge on any atom is -0.255 e. The van der Waals surface area contributed by atoms with E-state index >= 15 is 0 Å². The van der Waals surface area contributed by atoms with E-state index in [0.717, 1.165) is 19.3 Å². The summed E-state index contributed by atoms with van der Waals surface area (Å²) in [5.74, 6) is -0.354. The molecule has 106 valence electrons. The first-order chi connectivity index (χ1) is 8.74. The Labute approximate surface area is 124 Å². The van der Waals surface area contributed by atoms with Crippen molar-refractivity contribution in [2.45, 2.75) is 50.3 Å². The SMILES string of the molecule is CC(C)(C)[S@@](=O)NC1(c2ncc(Br)cc2F)CCC1. The summed E-state index contributed by atoms with van der Waals surface area (Å²) in [5, 5.41) is 0. The number of aromatic nitrogens is 1. The molecule has 0 unspecified atom stereocenters. The average molecular weight is 349 g/mol. The van der Waals surface area contributed by atoms with Crippen LogP contribution in [0.25, 0.3) is 0 Å². The third kappa shape index (κ3) is 3.06. The maximum absolute atomic E-state index is 14.1. The normalized spacial score (nSPS) is 19.8. The van der Waals surface area contributed by atoms with E-state index in [9.17, 15) is 8.60 Å². The van der Waals surface area contributed by atoms with Crippen LogP contribution in [0.1, 0.15) is 45.7 Å². The zero-order valence-corrected chi connectivity index (χ0v) is 13.7. The van der Waals surface area contributed by atoms with Gasteiger partial charge in [0.05, 0.1) is 27.0 Å². The molecule has 1 aliphatic carbocycles. The molecule has 1 saturated carbocycles. The number of rotatable bonds is 3. The van der Waals surface area contributed by atoms with Gasteiger partial charge in [0.1, 0.15) is 5.82 Å². The van der Waals surface area contributed by atoms with Crippen LogP contribution < -0.4 is 4.72 Å². The molecule has 3 nitrogen and oxygen atoms in total.